The normalized spacial score (nSPS) is 16.0. The molecule has 4 aromatic rings. The van der Waals surface area contributed by atoms with Crippen molar-refractivity contribution < 1.29 is 9.53 Å². The lowest BCUT2D eigenvalue weighted by atomic mass is 10.1. The summed E-state index contributed by atoms with van der Waals surface area (Å²) in [6.07, 6.45) is 1.29. The third-order valence-electron chi connectivity index (χ3n) is 6.11. The summed E-state index contributed by atoms with van der Waals surface area (Å²) in [6, 6.07) is 23.7. The number of halogens is 1. The molecule has 33 heavy (non-hydrogen) atoms. The van der Waals surface area contributed by atoms with Gasteiger partial charge in [0, 0.05) is 36.1 Å². The van der Waals surface area contributed by atoms with Crippen LogP contribution in [0.2, 0.25) is 5.02 Å². The van der Waals surface area contributed by atoms with Crippen LogP contribution in [0.3, 0.4) is 0 Å². The lowest BCUT2D eigenvalue weighted by Crippen LogP contribution is -2.24. The van der Waals surface area contributed by atoms with E-state index < -0.39 is 0 Å². The van der Waals surface area contributed by atoms with Crippen molar-refractivity contribution in [2.75, 3.05) is 18.1 Å². The van der Waals surface area contributed by atoms with E-state index in [1.54, 1.807) is 0 Å². The van der Waals surface area contributed by atoms with Crippen LogP contribution in [0.25, 0.3) is 11.0 Å². The lowest BCUT2D eigenvalue weighted by Gasteiger charge is -2.18. The van der Waals surface area contributed by atoms with Crippen molar-refractivity contribution in [1.82, 2.24) is 9.55 Å². The number of hydrogen-bond acceptors (Lipinski definition) is 3. The van der Waals surface area contributed by atoms with Gasteiger partial charge in [-0.1, -0.05) is 47.5 Å². The first-order chi connectivity index (χ1) is 16.1. The monoisotopic (exact) mass is 459 g/mol. The average Bonchev–Trinajstić information content (AvgIpc) is 3.38. The number of benzene rings is 3. The number of carbonyl (C=O) groups excluding carboxylic acids is 1. The van der Waals surface area contributed by atoms with Crippen LogP contribution >= 0.6 is 11.6 Å². The van der Waals surface area contributed by atoms with Crippen molar-refractivity contribution in [3.63, 3.8) is 0 Å². The Hall–Kier alpha value is -3.31. The van der Waals surface area contributed by atoms with Crippen LogP contribution in [0.4, 0.5) is 5.69 Å². The minimum Gasteiger partial charge on any atom is -0.494 e. The van der Waals surface area contributed by atoms with Gasteiger partial charge in [-0.3, -0.25) is 4.79 Å². The van der Waals surface area contributed by atoms with Crippen LogP contribution in [0.5, 0.6) is 5.75 Å². The number of aryl methyl sites for hydroxylation is 2. The quantitative estimate of drug-likeness (QED) is 0.319. The minimum absolute atomic E-state index is 0.0295. The molecule has 0 bridgehead atoms. The molecule has 1 aromatic heterocycles. The zero-order valence-electron chi connectivity index (χ0n) is 18.6. The zero-order valence-corrected chi connectivity index (χ0v) is 19.3. The molecule has 3 aromatic carbocycles. The summed E-state index contributed by atoms with van der Waals surface area (Å²) in [5.74, 6) is 1.98. The van der Waals surface area contributed by atoms with Crippen LogP contribution < -0.4 is 9.64 Å². The molecular formula is C27H26ClN3O2. The maximum absolute atomic E-state index is 12.9. The molecule has 0 aliphatic carbocycles. The first-order valence-electron chi connectivity index (χ1n) is 11.3. The molecule has 1 atom stereocenters. The highest BCUT2D eigenvalue weighted by molar-refractivity contribution is 6.30. The number of amides is 1. The number of para-hydroxylation sites is 2. The van der Waals surface area contributed by atoms with E-state index in [4.69, 9.17) is 21.3 Å². The van der Waals surface area contributed by atoms with E-state index in [9.17, 15) is 4.79 Å². The summed E-state index contributed by atoms with van der Waals surface area (Å²) in [5.41, 5.74) is 4.11. The number of rotatable bonds is 7. The molecule has 1 saturated heterocycles. The first-order valence-corrected chi connectivity index (χ1v) is 11.7. The molecule has 0 N–H and O–H groups in total. The summed E-state index contributed by atoms with van der Waals surface area (Å²) in [7, 11) is 0. The van der Waals surface area contributed by atoms with Gasteiger partial charge in [-0.25, -0.2) is 4.98 Å². The highest BCUT2D eigenvalue weighted by Crippen LogP contribution is 2.34. The molecular weight excluding hydrogens is 434 g/mol. The standard InChI is InChI=1S/C27H26ClN3O2/c1-19-10-12-23(13-11-19)33-15-5-14-30-25-9-3-2-8-24(25)29-27(30)20-16-26(32)31(18-20)22-7-4-6-21(28)17-22/h2-4,6-13,17,20H,5,14-16,18H2,1H3. The Morgan fingerprint density at radius 2 is 1.88 bits per heavy atom. The van der Waals surface area contributed by atoms with E-state index in [1.165, 1.54) is 5.56 Å². The van der Waals surface area contributed by atoms with Crippen LogP contribution in [0, 0.1) is 6.92 Å². The highest BCUT2D eigenvalue weighted by atomic mass is 35.5. The molecule has 0 spiro atoms. The third-order valence-corrected chi connectivity index (χ3v) is 6.35. The van der Waals surface area contributed by atoms with Gasteiger partial charge in [0.15, 0.2) is 0 Å². The number of carbonyl (C=O) groups is 1. The van der Waals surface area contributed by atoms with Crippen molar-refractivity contribution in [3.05, 3.63) is 89.2 Å². The number of aromatic nitrogens is 2. The lowest BCUT2D eigenvalue weighted by molar-refractivity contribution is -0.117. The van der Waals surface area contributed by atoms with E-state index in [-0.39, 0.29) is 11.8 Å². The molecule has 1 unspecified atom stereocenters. The fourth-order valence-corrected chi connectivity index (χ4v) is 4.65. The van der Waals surface area contributed by atoms with E-state index in [2.05, 4.69) is 29.7 Å². The largest absolute Gasteiger partial charge is 0.494 e. The molecule has 1 aliphatic rings. The minimum atomic E-state index is 0.0295. The van der Waals surface area contributed by atoms with Gasteiger partial charge >= 0.3 is 0 Å². The van der Waals surface area contributed by atoms with Gasteiger partial charge in [0.1, 0.15) is 11.6 Å². The van der Waals surface area contributed by atoms with Crippen molar-refractivity contribution in [1.29, 1.82) is 0 Å². The molecule has 2 heterocycles. The molecule has 1 fully saturated rings. The van der Waals surface area contributed by atoms with Crippen molar-refractivity contribution in [3.8, 4) is 5.75 Å². The first kappa shape index (κ1) is 21.5. The Kier molecular flexibility index (Phi) is 6.05. The van der Waals surface area contributed by atoms with E-state index >= 15 is 0 Å². The second-order valence-corrected chi connectivity index (χ2v) is 8.95. The van der Waals surface area contributed by atoms with Gasteiger partial charge in [-0.05, 0) is 55.8 Å². The van der Waals surface area contributed by atoms with Crippen molar-refractivity contribution >= 4 is 34.2 Å². The number of imidazole rings is 1. The Morgan fingerprint density at radius 3 is 2.70 bits per heavy atom. The fourth-order valence-electron chi connectivity index (χ4n) is 4.46. The molecule has 1 amide bonds. The fraction of sp³-hybridized carbons (Fsp3) is 0.259. The summed E-state index contributed by atoms with van der Waals surface area (Å²) >= 11 is 6.16. The predicted octanol–water partition coefficient (Wildman–Crippen LogP) is 5.99. The summed E-state index contributed by atoms with van der Waals surface area (Å²) in [4.78, 5) is 19.6. The smallest absolute Gasteiger partial charge is 0.227 e. The molecule has 0 saturated carbocycles. The van der Waals surface area contributed by atoms with Crippen LogP contribution in [0.15, 0.2) is 72.8 Å². The van der Waals surface area contributed by atoms with Crippen LogP contribution in [-0.4, -0.2) is 28.6 Å². The summed E-state index contributed by atoms with van der Waals surface area (Å²) < 4.78 is 8.19. The summed E-state index contributed by atoms with van der Waals surface area (Å²) in [5, 5.41) is 0.629. The zero-order chi connectivity index (χ0) is 22.8. The van der Waals surface area contributed by atoms with Crippen molar-refractivity contribution in [2.45, 2.75) is 32.2 Å². The van der Waals surface area contributed by atoms with Gasteiger partial charge < -0.3 is 14.2 Å². The maximum Gasteiger partial charge on any atom is 0.227 e. The average molecular weight is 460 g/mol. The van der Waals surface area contributed by atoms with Gasteiger partial charge in [0.25, 0.3) is 0 Å². The molecule has 5 rings (SSSR count). The Bertz CT molecular complexity index is 1280. The van der Waals surface area contributed by atoms with Crippen molar-refractivity contribution in [2.24, 2.45) is 0 Å². The Labute approximate surface area is 198 Å². The number of anilines is 1. The van der Waals surface area contributed by atoms with E-state index in [0.717, 1.165) is 41.3 Å². The SMILES string of the molecule is Cc1ccc(OCCCn2c(C3CC(=O)N(c4cccc(Cl)c4)C3)nc3ccccc32)cc1. The van der Waals surface area contributed by atoms with Gasteiger partial charge in [-0.2, -0.15) is 0 Å². The molecule has 0 radical (unpaired) electrons. The number of hydrogen-bond donors (Lipinski definition) is 0. The second-order valence-electron chi connectivity index (χ2n) is 8.51. The maximum atomic E-state index is 12.9. The molecule has 1 aliphatic heterocycles. The second kappa shape index (κ2) is 9.28. The number of nitrogens with zero attached hydrogens (tertiary/aromatic N) is 3. The van der Waals surface area contributed by atoms with Crippen LogP contribution in [-0.2, 0) is 11.3 Å². The predicted molar refractivity (Wildman–Crippen MR) is 132 cm³/mol. The topological polar surface area (TPSA) is 47.4 Å². The van der Waals surface area contributed by atoms with E-state index in [1.807, 2.05) is 59.5 Å². The van der Waals surface area contributed by atoms with Crippen LogP contribution in [0.1, 0.15) is 30.1 Å². The number of fused-ring (bicyclic) bond motifs is 1. The summed E-state index contributed by atoms with van der Waals surface area (Å²) in [6.45, 7) is 4.07. The Morgan fingerprint density at radius 1 is 1.06 bits per heavy atom. The Balaban J connectivity index is 1.34. The van der Waals surface area contributed by atoms with Gasteiger partial charge in [0.05, 0.1) is 17.6 Å². The van der Waals surface area contributed by atoms with Gasteiger partial charge in [0.2, 0.25) is 5.91 Å². The third kappa shape index (κ3) is 4.60. The molecule has 6 heteroatoms. The molecule has 5 nitrogen and oxygen atoms in total. The van der Waals surface area contributed by atoms with E-state index in [0.29, 0.717) is 24.6 Å². The number of ether oxygens (including phenoxy) is 1. The molecule has 168 valence electrons. The van der Waals surface area contributed by atoms with Gasteiger partial charge in [-0.15, -0.1) is 0 Å². The highest BCUT2D eigenvalue weighted by Gasteiger charge is 2.34.